The monoisotopic (exact) mass is 183 g/mol. The van der Waals surface area contributed by atoms with Crippen molar-refractivity contribution >= 4 is 0 Å². The smallest absolute Gasteiger partial charge is 0.0636 e. The lowest BCUT2D eigenvalue weighted by molar-refractivity contribution is 0.187. The van der Waals surface area contributed by atoms with Crippen LogP contribution in [-0.4, -0.2) is 28.0 Å². The summed E-state index contributed by atoms with van der Waals surface area (Å²) < 4.78 is 0. The van der Waals surface area contributed by atoms with E-state index in [2.05, 4.69) is 22.4 Å². The highest BCUT2D eigenvalue weighted by molar-refractivity contribution is 5.18. The second-order valence-electron chi connectivity index (χ2n) is 3.43. The van der Waals surface area contributed by atoms with Crippen molar-refractivity contribution in [2.24, 2.45) is 0 Å². The van der Waals surface area contributed by atoms with Crippen LogP contribution in [0.5, 0.6) is 0 Å². The molecular weight excluding hydrogens is 166 g/mol. The van der Waals surface area contributed by atoms with Gasteiger partial charge in [0.25, 0.3) is 0 Å². The van der Waals surface area contributed by atoms with Crippen molar-refractivity contribution < 1.29 is 5.11 Å². The van der Waals surface area contributed by atoms with Crippen molar-refractivity contribution in [3.8, 4) is 0 Å². The lowest BCUT2D eigenvalue weighted by Crippen LogP contribution is -2.27. The van der Waals surface area contributed by atoms with Gasteiger partial charge in [-0.05, 0) is 20.8 Å². The minimum absolute atomic E-state index is 0.230. The summed E-state index contributed by atoms with van der Waals surface area (Å²) in [7, 11) is 0. The highest BCUT2D eigenvalue weighted by Gasteiger charge is 2.09. The second kappa shape index (κ2) is 4.39. The van der Waals surface area contributed by atoms with Gasteiger partial charge in [-0.1, -0.05) is 0 Å². The van der Waals surface area contributed by atoms with Crippen molar-refractivity contribution in [3.05, 3.63) is 17.5 Å². The quantitative estimate of drug-likeness (QED) is 0.645. The van der Waals surface area contributed by atoms with Gasteiger partial charge in [-0.3, -0.25) is 5.10 Å². The van der Waals surface area contributed by atoms with Crippen LogP contribution in [0.1, 0.15) is 31.1 Å². The summed E-state index contributed by atoms with van der Waals surface area (Å²) in [4.78, 5) is 0. The van der Waals surface area contributed by atoms with Crippen molar-refractivity contribution in [1.29, 1.82) is 0 Å². The molecule has 0 bridgehead atoms. The van der Waals surface area contributed by atoms with Gasteiger partial charge in [-0.25, -0.2) is 0 Å². The summed E-state index contributed by atoms with van der Waals surface area (Å²) in [5, 5.41) is 19.1. The fourth-order valence-electron chi connectivity index (χ4n) is 1.25. The van der Waals surface area contributed by atoms with E-state index in [4.69, 9.17) is 5.11 Å². The van der Waals surface area contributed by atoms with E-state index in [9.17, 15) is 0 Å². The third-order valence-electron chi connectivity index (χ3n) is 2.05. The first-order chi connectivity index (χ1) is 6.11. The molecule has 1 rings (SSSR count). The van der Waals surface area contributed by atoms with Crippen LogP contribution in [0.15, 0.2) is 6.20 Å². The average molecular weight is 183 g/mol. The molecule has 0 aliphatic carbocycles. The highest BCUT2D eigenvalue weighted by atomic mass is 16.3. The lowest BCUT2D eigenvalue weighted by Gasteiger charge is -2.14. The number of rotatable bonds is 4. The number of nitrogens with zero attached hydrogens (tertiary/aromatic N) is 1. The first-order valence-corrected chi connectivity index (χ1v) is 4.52. The van der Waals surface area contributed by atoms with E-state index in [0.717, 1.165) is 11.3 Å². The molecule has 0 saturated carbocycles. The summed E-state index contributed by atoms with van der Waals surface area (Å²) in [6.07, 6.45) is 1.50. The third-order valence-corrected chi connectivity index (χ3v) is 2.05. The van der Waals surface area contributed by atoms with E-state index in [0.29, 0.717) is 6.54 Å². The van der Waals surface area contributed by atoms with Gasteiger partial charge < -0.3 is 10.4 Å². The predicted octanol–water partition coefficient (Wildman–Crippen LogP) is 0.750. The topological polar surface area (TPSA) is 60.9 Å². The number of aliphatic hydroxyl groups excluding tert-OH is 1. The number of aromatic nitrogens is 2. The molecule has 1 heterocycles. The van der Waals surface area contributed by atoms with Gasteiger partial charge in [0.1, 0.15) is 0 Å². The molecule has 74 valence electrons. The standard InChI is InChI=1S/C9H17N3O/c1-6(13)4-10-7(2)9-5-11-12-8(9)3/h5-7,10,13H,4H2,1-3H3,(H,11,12)/t6-,7?/m0/s1. The average Bonchev–Trinajstić information content (AvgIpc) is 2.47. The van der Waals surface area contributed by atoms with Gasteiger partial charge in [0.05, 0.1) is 12.3 Å². The SMILES string of the molecule is Cc1[nH]ncc1C(C)NC[C@H](C)O. The maximum Gasteiger partial charge on any atom is 0.0636 e. The van der Waals surface area contributed by atoms with E-state index < -0.39 is 0 Å². The lowest BCUT2D eigenvalue weighted by atomic mass is 10.1. The molecule has 4 nitrogen and oxygen atoms in total. The summed E-state index contributed by atoms with van der Waals surface area (Å²) >= 11 is 0. The van der Waals surface area contributed by atoms with Crippen LogP contribution in [0.4, 0.5) is 0 Å². The molecule has 4 heteroatoms. The maximum absolute atomic E-state index is 9.08. The van der Waals surface area contributed by atoms with Gasteiger partial charge >= 0.3 is 0 Å². The largest absolute Gasteiger partial charge is 0.392 e. The molecule has 0 aliphatic rings. The van der Waals surface area contributed by atoms with Crippen LogP contribution in [-0.2, 0) is 0 Å². The first kappa shape index (κ1) is 10.2. The molecule has 0 spiro atoms. The number of aromatic amines is 1. The molecule has 1 unspecified atom stereocenters. The summed E-state index contributed by atoms with van der Waals surface area (Å²) in [5.41, 5.74) is 2.23. The first-order valence-electron chi connectivity index (χ1n) is 4.52. The van der Waals surface area contributed by atoms with Crippen LogP contribution in [0.25, 0.3) is 0 Å². The maximum atomic E-state index is 9.08. The van der Waals surface area contributed by atoms with Gasteiger partial charge in [-0.15, -0.1) is 0 Å². The molecule has 0 aliphatic heterocycles. The molecule has 1 aromatic rings. The van der Waals surface area contributed by atoms with Crippen molar-refractivity contribution in [2.45, 2.75) is 32.9 Å². The Balaban J connectivity index is 2.49. The van der Waals surface area contributed by atoms with Crippen molar-refractivity contribution in [2.75, 3.05) is 6.54 Å². The van der Waals surface area contributed by atoms with Crippen LogP contribution in [0.2, 0.25) is 0 Å². The Morgan fingerprint density at radius 1 is 1.62 bits per heavy atom. The minimum atomic E-state index is -0.311. The van der Waals surface area contributed by atoms with Crippen molar-refractivity contribution in [3.63, 3.8) is 0 Å². The zero-order valence-corrected chi connectivity index (χ0v) is 8.33. The Morgan fingerprint density at radius 3 is 2.77 bits per heavy atom. The number of hydrogen-bond donors (Lipinski definition) is 3. The van der Waals surface area contributed by atoms with Gasteiger partial charge in [0.15, 0.2) is 0 Å². The summed E-state index contributed by atoms with van der Waals surface area (Å²) in [6.45, 7) is 6.41. The summed E-state index contributed by atoms with van der Waals surface area (Å²) in [5.74, 6) is 0. The fourth-order valence-corrected chi connectivity index (χ4v) is 1.25. The van der Waals surface area contributed by atoms with Gasteiger partial charge in [0, 0.05) is 23.8 Å². The third kappa shape index (κ3) is 2.82. The van der Waals surface area contributed by atoms with Crippen LogP contribution >= 0.6 is 0 Å². The number of H-pyrrole nitrogens is 1. The van der Waals surface area contributed by atoms with E-state index >= 15 is 0 Å². The molecular formula is C9H17N3O. The molecule has 0 radical (unpaired) electrons. The van der Waals surface area contributed by atoms with Crippen molar-refractivity contribution in [1.82, 2.24) is 15.5 Å². The molecule has 3 N–H and O–H groups in total. The van der Waals surface area contributed by atoms with Crippen LogP contribution in [0, 0.1) is 6.92 Å². The van der Waals surface area contributed by atoms with E-state index in [1.54, 1.807) is 6.92 Å². The van der Waals surface area contributed by atoms with E-state index in [-0.39, 0.29) is 12.1 Å². The Labute approximate surface area is 78.4 Å². The van der Waals surface area contributed by atoms with Gasteiger partial charge in [-0.2, -0.15) is 5.10 Å². The molecule has 0 aromatic carbocycles. The van der Waals surface area contributed by atoms with Crippen LogP contribution < -0.4 is 5.32 Å². The minimum Gasteiger partial charge on any atom is -0.392 e. The molecule has 13 heavy (non-hydrogen) atoms. The van der Waals surface area contributed by atoms with E-state index in [1.807, 2.05) is 13.1 Å². The number of nitrogens with one attached hydrogen (secondary N) is 2. The molecule has 0 amide bonds. The normalized spacial score (nSPS) is 15.7. The Bertz CT molecular complexity index is 257. The zero-order valence-electron chi connectivity index (χ0n) is 8.33. The number of aliphatic hydroxyl groups is 1. The number of hydrogen-bond acceptors (Lipinski definition) is 3. The van der Waals surface area contributed by atoms with Crippen LogP contribution in [0.3, 0.4) is 0 Å². The number of aryl methyl sites for hydroxylation is 1. The molecule has 0 saturated heterocycles. The summed E-state index contributed by atoms with van der Waals surface area (Å²) in [6, 6.07) is 0.230. The van der Waals surface area contributed by atoms with Gasteiger partial charge in [0.2, 0.25) is 0 Å². The zero-order chi connectivity index (χ0) is 9.84. The fraction of sp³-hybridized carbons (Fsp3) is 0.667. The Kier molecular flexibility index (Phi) is 3.45. The molecule has 2 atom stereocenters. The second-order valence-corrected chi connectivity index (χ2v) is 3.43. The van der Waals surface area contributed by atoms with E-state index in [1.165, 1.54) is 0 Å². The Morgan fingerprint density at radius 2 is 2.31 bits per heavy atom. The predicted molar refractivity (Wildman–Crippen MR) is 51.4 cm³/mol. The molecule has 0 fully saturated rings. The highest BCUT2D eigenvalue weighted by Crippen LogP contribution is 2.13. The molecule has 1 aromatic heterocycles. The Hall–Kier alpha value is -0.870.